The van der Waals surface area contributed by atoms with Crippen LogP contribution in [0, 0.1) is 0 Å². The van der Waals surface area contributed by atoms with Gasteiger partial charge >= 0.3 is 0 Å². The molecule has 1 atom stereocenters. The van der Waals surface area contributed by atoms with E-state index in [9.17, 15) is 4.79 Å². The Kier molecular flexibility index (Phi) is 3.78. The summed E-state index contributed by atoms with van der Waals surface area (Å²) in [5.74, 6) is -0.0775. The molecule has 1 aromatic heterocycles. The van der Waals surface area contributed by atoms with Crippen molar-refractivity contribution in [2.24, 2.45) is 0 Å². The van der Waals surface area contributed by atoms with Crippen molar-refractivity contribution < 1.29 is 4.79 Å². The van der Waals surface area contributed by atoms with E-state index in [2.05, 4.69) is 20.8 Å². The molecule has 5 nitrogen and oxygen atoms in total. The minimum atomic E-state index is -0.0775. The summed E-state index contributed by atoms with van der Waals surface area (Å²) in [5.41, 5.74) is 2.32. The largest absolute Gasteiger partial charge is 0.350 e. The van der Waals surface area contributed by atoms with E-state index in [0.717, 1.165) is 24.2 Å². The Morgan fingerprint density at radius 1 is 1.35 bits per heavy atom. The molecule has 20 heavy (non-hydrogen) atoms. The Labute approximate surface area is 117 Å². The summed E-state index contributed by atoms with van der Waals surface area (Å²) in [6.45, 7) is 1.71. The van der Waals surface area contributed by atoms with Crippen LogP contribution in [0.5, 0.6) is 0 Å². The summed E-state index contributed by atoms with van der Waals surface area (Å²) in [5, 5.41) is 13.2. The number of hydrogen-bond acceptors (Lipinski definition) is 3. The van der Waals surface area contributed by atoms with Crippen molar-refractivity contribution in [3.8, 4) is 11.3 Å². The zero-order valence-electron chi connectivity index (χ0n) is 11.2. The molecule has 3 rings (SSSR count). The number of carbonyl (C=O) groups excluding carboxylic acids is 1. The molecule has 0 aliphatic carbocycles. The van der Waals surface area contributed by atoms with Gasteiger partial charge in [0.2, 0.25) is 0 Å². The van der Waals surface area contributed by atoms with E-state index >= 15 is 0 Å². The van der Waals surface area contributed by atoms with Gasteiger partial charge < -0.3 is 10.6 Å². The zero-order chi connectivity index (χ0) is 13.8. The number of amides is 1. The van der Waals surface area contributed by atoms with Crippen LogP contribution in [-0.4, -0.2) is 35.2 Å². The van der Waals surface area contributed by atoms with Gasteiger partial charge in [0.1, 0.15) is 0 Å². The maximum absolute atomic E-state index is 12.3. The Bertz CT molecular complexity index is 573. The van der Waals surface area contributed by atoms with Gasteiger partial charge in [-0.3, -0.25) is 9.89 Å². The van der Waals surface area contributed by atoms with Crippen LogP contribution in [0.3, 0.4) is 0 Å². The highest BCUT2D eigenvalue weighted by Crippen LogP contribution is 2.20. The highest BCUT2D eigenvalue weighted by Gasteiger charge is 2.18. The van der Waals surface area contributed by atoms with Crippen molar-refractivity contribution in [3.05, 3.63) is 42.1 Å². The van der Waals surface area contributed by atoms with Gasteiger partial charge in [0.25, 0.3) is 5.91 Å². The molecule has 2 aromatic rings. The van der Waals surface area contributed by atoms with Crippen molar-refractivity contribution in [2.45, 2.75) is 18.9 Å². The van der Waals surface area contributed by atoms with Crippen molar-refractivity contribution in [2.75, 3.05) is 13.1 Å². The third-order valence-electron chi connectivity index (χ3n) is 3.62. The summed E-state index contributed by atoms with van der Waals surface area (Å²) < 4.78 is 0. The van der Waals surface area contributed by atoms with Crippen molar-refractivity contribution >= 4 is 5.91 Å². The molecule has 5 heteroatoms. The molecule has 1 aliphatic heterocycles. The molecular weight excluding hydrogens is 252 g/mol. The number of aromatic nitrogens is 2. The second-order valence-corrected chi connectivity index (χ2v) is 5.03. The lowest BCUT2D eigenvalue weighted by Crippen LogP contribution is -2.37. The van der Waals surface area contributed by atoms with E-state index in [0.29, 0.717) is 18.2 Å². The first-order valence-corrected chi connectivity index (χ1v) is 6.95. The molecule has 0 spiro atoms. The molecule has 1 amide bonds. The van der Waals surface area contributed by atoms with Crippen LogP contribution in [0.1, 0.15) is 23.2 Å². The average molecular weight is 270 g/mol. The molecular formula is C15H18N4O. The van der Waals surface area contributed by atoms with Crippen LogP contribution in [0.25, 0.3) is 11.3 Å². The van der Waals surface area contributed by atoms with Crippen molar-refractivity contribution in [1.29, 1.82) is 0 Å². The van der Waals surface area contributed by atoms with E-state index in [1.807, 2.05) is 30.3 Å². The van der Waals surface area contributed by atoms with E-state index in [-0.39, 0.29) is 5.91 Å². The number of hydrogen-bond donors (Lipinski definition) is 3. The van der Waals surface area contributed by atoms with Crippen LogP contribution in [-0.2, 0) is 0 Å². The number of nitrogens with one attached hydrogen (secondary N) is 3. The molecule has 1 unspecified atom stereocenters. The van der Waals surface area contributed by atoms with Gasteiger partial charge in [0, 0.05) is 18.2 Å². The number of H-pyrrole nitrogens is 1. The molecule has 1 saturated heterocycles. The molecule has 104 valence electrons. The van der Waals surface area contributed by atoms with Crippen LogP contribution in [0.2, 0.25) is 0 Å². The zero-order valence-corrected chi connectivity index (χ0v) is 11.2. The number of aromatic amines is 1. The highest BCUT2D eigenvalue weighted by atomic mass is 16.1. The topological polar surface area (TPSA) is 69.8 Å². The van der Waals surface area contributed by atoms with Crippen molar-refractivity contribution in [1.82, 2.24) is 20.8 Å². The van der Waals surface area contributed by atoms with Gasteiger partial charge in [-0.05, 0) is 19.4 Å². The first-order valence-electron chi connectivity index (χ1n) is 6.95. The van der Waals surface area contributed by atoms with Crippen LogP contribution < -0.4 is 10.6 Å². The third-order valence-corrected chi connectivity index (χ3v) is 3.62. The lowest BCUT2D eigenvalue weighted by Gasteiger charge is -2.11. The third kappa shape index (κ3) is 2.72. The Morgan fingerprint density at radius 3 is 2.95 bits per heavy atom. The van der Waals surface area contributed by atoms with E-state index < -0.39 is 0 Å². The van der Waals surface area contributed by atoms with E-state index in [1.54, 1.807) is 6.20 Å². The number of rotatable bonds is 4. The average Bonchev–Trinajstić information content (AvgIpc) is 3.17. The second-order valence-electron chi connectivity index (χ2n) is 5.03. The molecule has 0 bridgehead atoms. The van der Waals surface area contributed by atoms with Crippen LogP contribution in [0.4, 0.5) is 0 Å². The summed E-state index contributed by atoms with van der Waals surface area (Å²) >= 11 is 0. The van der Waals surface area contributed by atoms with Crippen LogP contribution >= 0.6 is 0 Å². The van der Waals surface area contributed by atoms with Gasteiger partial charge in [-0.25, -0.2) is 0 Å². The Morgan fingerprint density at radius 2 is 2.20 bits per heavy atom. The summed E-state index contributed by atoms with van der Waals surface area (Å²) in [6, 6.07) is 10.2. The fourth-order valence-electron chi connectivity index (χ4n) is 2.53. The monoisotopic (exact) mass is 270 g/mol. The van der Waals surface area contributed by atoms with Gasteiger partial charge in [-0.15, -0.1) is 0 Å². The molecule has 1 aromatic carbocycles. The SMILES string of the molecule is O=C(NCC1CCCN1)c1cn[nH]c1-c1ccccc1. The molecule has 0 saturated carbocycles. The van der Waals surface area contributed by atoms with Gasteiger partial charge in [0.05, 0.1) is 17.5 Å². The summed E-state index contributed by atoms with van der Waals surface area (Å²) in [6.07, 6.45) is 3.89. The normalized spacial score (nSPS) is 18.1. The number of carbonyl (C=O) groups is 1. The lowest BCUT2D eigenvalue weighted by molar-refractivity contribution is 0.0951. The minimum Gasteiger partial charge on any atom is -0.350 e. The fourth-order valence-corrected chi connectivity index (χ4v) is 2.53. The Balaban J connectivity index is 1.70. The standard InChI is InChI=1S/C15H18N4O/c20-15(17-9-12-7-4-8-16-12)13-10-18-19-14(13)11-5-2-1-3-6-11/h1-3,5-6,10,12,16H,4,7-9H2,(H,17,20)(H,18,19). The molecule has 0 radical (unpaired) electrons. The fraction of sp³-hybridized carbons (Fsp3) is 0.333. The van der Waals surface area contributed by atoms with Gasteiger partial charge in [0.15, 0.2) is 0 Å². The smallest absolute Gasteiger partial charge is 0.255 e. The van der Waals surface area contributed by atoms with E-state index in [4.69, 9.17) is 0 Å². The predicted octanol–water partition coefficient (Wildman–Crippen LogP) is 1.56. The summed E-state index contributed by atoms with van der Waals surface area (Å²) in [7, 11) is 0. The predicted molar refractivity (Wildman–Crippen MR) is 77.4 cm³/mol. The van der Waals surface area contributed by atoms with E-state index in [1.165, 1.54) is 6.42 Å². The highest BCUT2D eigenvalue weighted by molar-refractivity contribution is 5.99. The first kappa shape index (κ1) is 12.9. The van der Waals surface area contributed by atoms with Gasteiger partial charge in [-0.2, -0.15) is 5.10 Å². The molecule has 1 aliphatic rings. The van der Waals surface area contributed by atoms with Crippen LogP contribution in [0.15, 0.2) is 36.5 Å². The Hall–Kier alpha value is -2.14. The maximum atomic E-state index is 12.3. The van der Waals surface area contributed by atoms with Gasteiger partial charge in [-0.1, -0.05) is 30.3 Å². The maximum Gasteiger partial charge on any atom is 0.255 e. The number of benzene rings is 1. The second kappa shape index (κ2) is 5.88. The lowest BCUT2D eigenvalue weighted by atomic mass is 10.1. The minimum absolute atomic E-state index is 0.0775. The quantitative estimate of drug-likeness (QED) is 0.789. The molecule has 3 N–H and O–H groups in total. The number of nitrogens with zero attached hydrogens (tertiary/aromatic N) is 1. The molecule has 1 fully saturated rings. The summed E-state index contributed by atoms with van der Waals surface area (Å²) in [4.78, 5) is 12.3. The first-order chi connectivity index (χ1) is 9.84. The van der Waals surface area contributed by atoms with Crippen molar-refractivity contribution in [3.63, 3.8) is 0 Å². The molecule has 2 heterocycles.